The molecule has 1 N–H and O–H groups in total. The van der Waals surface area contributed by atoms with E-state index in [0.29, 0.717) is 19.3 Å². The summed E-state index contributed by atoms with van der Waals surface area (Å²) in [4.78, 5) is 35.7. The second-order valence-corrected chi connectivity index (χ2v) is 11.4. The van der Waals surface area contributed by atoms with Crippen molar-refractivity contribution in [3.05, 3.63) is 48.6 Å². The summed E-state index contributed by atoms with van der Waals surface area (Å²) in [5.41, 5.74) is 0. The lowest BCUT2D eigenvalue weighted by atomic mass is 10.0. The average Bonchev–Trinajstić information content (AvgIpc) is 2.96. The third kappa shape index (κ3) is 29.0. The van der Waals surface area contributed by atoms with E-state index in [9.17, 15) is 19.5 Å². The molecule has 0 fully saturated rings. The van der Waals surface area contributed by atoms with Crippen molar-refractivity contribution >= 4 is 17.7 Å². The monoisotopic (exact) mass is 588 g/mol. The van der Waals surface area contributed by atoms with E-state index in [0.717, 1.165) is 63.7 Å². The fourth-order valence-electron chi connectivity index (χ4n) is 4.21. The molecule has 0 heterocycles. The van der Waals surface area contributed by atoms with Crippen LogP contribution in [0.5, 0.6) is 0 Å². The van der Waals surface area contributed by atoms with Gasteiger partial charge in [-0.05, 0) is 50.5 Å². The fraction of sp³-hybridized carbons (Fsp3) is 0.694. The molecule has 0 saturated carbocycles. The number of ketones is 1. The Morgan fingerprint density at radius 1 is 0.690 bits per heavy atom. The van der Waals surface area contributed by atoms with Crippen LogP contribution in [-0.2, 0) is 23.9 Å². The molecule has 0 aliphatic carbocycles. The maximum absolute atomic E-state index is 12.1. The molecular weight excluding hydrogens is 528 g/mol. The number of hydrogen-bond donors (Lipinski definition) is 1. The topological polar surface area (TPSA) is 89.9 Å². The van der Waals surface area contributed by atoms with Gasteiger partial charge in [0.1, 0.15) is 6.61 Å². The Balaban J connectivity index is 3.80. The van der Waals surface area contributed by atoms with Gasteiger partial charge < -0.3 is 14.6 Å². The van der Waals surface area contributed by atoms with Gasteiger partial charge in [0.05, 0.1) is 6.61 Å². The number of hydrogen-bond acceptors (Lipinski definition) is 6. The summed E-state index contributed by atoms with van der Waals surface area (Å²) in [6.07, 6.45) is 31.6. The van der Waals surface area contributed by atoms with E-state index >= 15 is 0 Å². The van der Waals surface area contributed by atoms with Gasteiger partial charge in [-0.1, -0.05) is 121 Å². The maximum atomic E-state index is 12.1. The van der Waals surface area contributed by atoms with E-state index in [2.05, 4.69) is 39.0 Å². The minimum Gasteiger partial charge on any atom is -0.462 e. The Labute approximate surface area is 256 Å². The van der Waals surface area contributed by atoms with E-state index in [1.54, 1.807) is 6.08 Å². The highest BCUT2D eigenvalue weighted by Gasteiger charge is 2.15. The number of allylic oxidation sites excluding steroid dienone is 8. The number of unbranched alkanes of at least 4 members (excludes halogenated alkanes) is 9. The largest absolute Gasteiger partial charge is 0.462 e. The number of aliphatic hydroxyl groups excluding tert-OH is 1. The van der Waals surface area contributed by atoms with Crippen molar-refractivity contribution in [3.8, 4) is 0 Å². The lowest BCUT2D eigenvalue weighted by Crippen LogP contribution is -2.28. The molecule has 0 radical (unpaired) electrons. The number of aliphatic hydroxyl groups is 1. The Morgan fingerprint density at radius 3 is 2.00 bits per heavy atom. The van der Waals surface area contributed by atoms with Crippen LogP contribution in [-0.4, -0.2) is 42.1 Å². The van der Waals surface area contributed by atoms with Crippen molar-refractivity contribution < 1.29 is 29.0 Å². The molecule has 0 rings (SSSR count). The molecule has 0 aliphatic heterocycles. The van der Waals surface area contributed by atoms with Gasteiger partial charge in [0.15, 0.2) is 11.9 Å². The van der Waals surface area contributed by atoms with Crippen LogP contribution >= 0.6 is 0 Å². The average molecular weight is 589 g/mol. The van der Waals surface area contributed by atoms with Crippen molar-refractivity contribution in [1.82, 2.24) is 0 Å². The zero-order valence-corrected chi connectivity index (χ0v) is 26.9. The minimum absolute atomic E-state index is 0.105. The first kappa shape index (κ1) is 39.5. The Morgan fingerprint density at radius 2 is 1.31 bits per heavy atom. The second kappa shape index (κ2) is 30.0. The zero-order valence-electron chi connectivity index (χ0n) is 26.9. The number of ether oxygens (including phenoxy) is 2. The molecule has 0 amide bonds. The first-order valence-corrected chi connectivity index (χ1v) is 16.5. The fourth-order valence-corrected chi connectivity index (χ4v) is 4.21. The number of rotatable bonds is 28. The molecule has 0 saturated heterocycles. The minimum atomic E-state index is -0.816. The molecule has 0 spiro atoms. The maximum Gasteiger partial charge on any atom is 0.306 e. The third-order valence-electron chi connectivity index (χ3n) is 6.78. The smallest absolute Gasteiger partial charge is 0.306 e. The van der Waals surface area contributed by atoms with Crippen molar-refractivity contribution in [2.24, 2.45) is 5.92 Å². The SMILES string of the molecule is CCCCCC(=O)/C=C/C=C\C/C=C\C/C=C\CCCC(=O)O[C@@H](CO)COC(=O)CCCCCCCCCC(C)C. The highest BCUT2D eigenvalue weighted by Crippen LogP contribution is 2.13. The third-order valence-corrected chi connectivity index (χ3v) is 6.78. The summed E-state index contributed by atoms with van der Waals surface area (Å²) in [6, 6.07) is 0. The summed E-state index contributed by atoms with van der Waals surface area (Å²) in [5, 5.41) is 9.48. The van der Waals surface area contributed by atoms with Crippen LogP contribution in [0.25, 0.3) is 0 Å². The van der Waals surface area contributed by atoms with Crippen molar-refractivity contribution in [3.63, 3.8) is 0 Å². The van der Waals surface area contributed by atoms with Crippen LogP contribution in [0.15, 0.2) is 48.6 Å². The van der Waals surface area contributed by atoms with Crippen molar-refractivity contribution in [2.45, 2.75) is 142 Å². The van der Waals surface area contributed by atoms with Gasteiger partial charge in [0, 0.05) is 19.3 Å². The molecular formula is C36H60O6. The molecule has 0 unspecified atom stereocenters. The summed E-state index contributed by atoms with van der Waals surface area (Å²) in [5.74, 6) is 0.267. The molecule has 0 bridgehead atoms. The normalized spacial score (nSPS) is 12.8. The van der Waals surface area contributed by atoms with Crippen molar-refractivity contribution in [1.29, 1.82) is 0 Å². The number of carbonyl (C=O) groups is 3. The Bertz CT molecular complexity index is 793. The highest BCUT2D eigenvalue weighted by molar-refractivity contribution is 5.89. The van der Waals surface area contributed by atoms with Crippen LogP contribution in [0.3, 0.4) is 0 Å². The van der Waals surface area contributed by atoms with Gasteiger partial charge in [0.2, 0.25) is 0 Å². The molecule has 240 valence electrons. The summed E-state index contributed by atoms with van der Waals surface area (Å²) >= 11 is 0. The van der Waals surface area contributed by atoms with E-state index < -0.39 is 12.1 Å². The Kier molecular flexibility index (Phi) is 28.2. The molecule has 0 aromatic heterocycles. The van der Waals surface area contributed by atoms with Crippen LogP contribution < -0.4 is 0 Å². The first-order valence-electron chi connectivity index (χ1n) is 16.5. The number of esters is 2. The standard InChI is InChI=1S/C36H60O6/c1-4-5-20-26-33(38)27-22-17-13-9-7-6-8-10-14-19-24-29-36(40)42-34(30-37)31-41-35(39)28-23-18-15-11-12-16-21-25-32(2)3/h6-7,10,13-14,17,22,27,32,34,37H,4-5,8-9,11-12,15-16,18-21,23-26,28-31H2,1-3H3/b7-6-,14-10-,17-13-,27-22+/t34-/m0/s1. The predicted molar refractivity (Wildman–Crippen MR) is 173 cm³/mol. The van der Waals surface area contributed by atoms with Crippen molar-refractivity contribution in [2.75, 3.05) is 13.2 Å². The van der Waals surface area contributed by atoms with E-state index in [1.165, 1.54) is 32.1 Å². The van der Waals surface area contributed by atoms with Gasteiger partial charge in [-0.2, -0.15) is 0 Å². The summed E-state index contributed by atoms with van der Waals surface area (Å²) < 4.78 is 10.5. The van der Waals surface area contributed by atoms with E-state index in [1.807, 2.05) is 24.3 Å². The first-order chi connectivity index (χ1) is 20.4. The van der Waals surface area contributed by atoms with Gasteiger partial charge in [0.25, 0.3) is 0 Å². The van der Waals surface area contributed by atoms with E-state index in [4.69, 9.17) is 9.47 Å². The molecule has 6 heteroatoms. The molecule has 1 atom stereocenters. The summed E-state index contributed by atoms with van der Waals surface area (Å²) in [7, 11) is 0. The van der Waals surface area contributed by atoms with Gasteiger partial charge in [-0.3, -0.25) is 14.4 Å². The van der Waals surface area contributed by atoms with Gasteiger partial charge >= 0.3 is 11.9 Å². The molecule has 0 aromatic rings. The van der Waals surface area contributed by atoms with Gasteiger partial charge in [-0.25, -0.2) is 0 Å². The number of carbonyl (C=O) groups excluding carboxylic acids is 3. The molecule has 42 heavy (non-hydrogen) atoms. The molecule has 6 nitrogen and oxygen atoms in total. The zero-order chi connectivity index (χ0) is 31.1. The lowest BCUT2D eigenvalue weighted by Gasteiger charge is -2.15. The molecule has 0 aromatic carbocycles. The van der Waals surface area contributed by atoms with Crippen LogP contribution in [0, 0.1) is 5.92 Å². The Hall–Kier alpha value is -2.47. The quantitative estimate of drug-likeness (QED) is 0.0323. The lowest BCUT2D eigenvalue weighted by molar-refractivity contribution is -0.161. The summed E-state index contributed by atoms with van der Waals surface area (Å²) in [6.45, 7) is 6.18. The van der Waals surface area contributed by atoms with Crippen LogP contribution in [0.1, 0.15) is 136 Å². The van der Waals surface area contributed by atoms with E-state index in [-0.39, 0.29) is 31.4 Å². The predicted octanol–water partition coefficient (Wildman–Crippen LogP) is 8.93. The highest BCUT2D eigenvalue weighted by atomic mass is 16.6. The van der Waals surface area contributed by atoms with Crippen LogP contribution in [0.2, 0.25) is 0 Å². The molecule has 0 aliphatic rings. The van der Waals surface area contributed by atoms with Crippen LogP contribution in [0.4, 0.5) is 0 Å². The van der Waals surface area contributed by atoms with Gasteiger partial charge in [-0.15, -0.1) is 0 Å². The second-order valence-electron chi connectivity index (χ2n) is 11.4.